The van der Waals surface area contributed by atoms with E-state index in [-0.39, 0.29) is 16.3 Å². The number of pyridine rings is 1. The lowest BCUT2D eigenvalue weighted by molar-refractivity contribution is -0.0157. The molecule has 0 saturated carbocycles. The van der Waals surface area contributed by atoms with Gasteiger partial charge in [0.1, 0.15) is 10.3 Å². The van der Waals surface area contributed by atoms with Crippen LogP contribution in [0.4, 0.5) is 10.5 Å². The number of amides is 2. The molecule has 0 unspecified atom stereocenters. The van der Waals surface area contributed by atoms with Crippen LogP contribution in [0.3, 0.4) is 0 Å². The van der Waals surface area contributed by atoms with Gasteiger partial charge in [0, 0.05) is 23.2 Å². The smallest absolute Gasteiger partial charge is 0.321 e. The predicted molar refractivity (Wildman–Crippen MR) is 102 cm³/mol. The SMILES string of the molecule is O=C(Nc1cc(Cl)nc(Cl)c1)N1CCC(O)(c2ccc(Br)cc2)CC1. The summed E-state index contributed by atoms with van der Waals surface area (Å²) in [5.74, 6) is 0. The van der Waals surface area contributed by atoms with Gasteiger partial charge >= 0.3 is 6.03 Å². The molecule has 1 fully saturated rings. The summed E-state index contributed by atoms with van der Waals surface area (Å²) in [5.41, 5.74) is 0.438. The molecule has 8 heteroatoms. The zero-order chi connectivity index (χ0) is 18.0. The van der Waals surface area contributed by atoms with Crippen LogP contribution in [0.2, 0.25) is 10.3 Å². The molecule has 0 radical (unpaired) electrons. The summed E-state index contributed by atoms with van der Waals surface area (Å²) in [5, 5.41) is 14.1. The van der Waals surface area contributed by atoms with E-state index in [2.05, 4.69) is 26.2 Å². The van der Waals surface area contributed by atoms with E-state index in [4.69, 9.17) is 23.2 Å². The molecule has 25 heavy (non-hydrogen) atoms. The van der Waals surface area contributed by atoms with E-state index in [1.807, 2.05) is 24.3 Å². The highest BCUT2D eigenvalue weighted by Crippen LogP contribution is 2.33. The fourth-order valence-corrected chi connectivity index (χ4v) is 3.59. The minimum atomic E-state index is -0.916. The van der Waals surface area contributed by atoms with Crippen molar-refractivity contribution in [2.24, 2.45) is 0 Å². The summed E-state index contributed by atoms with van der Waals surface area (Å²) in [7, 11) is 0. The molecule has 0 spiro atoms. The third-order valence-electron chi connectivity index (χ3n) is 4.27. The number of carbonyl (C=O) groups is 1. The van der Waals surface area contributed by atoms with Gasteiger partial charge in [-0.25, -0.2) is 9.78 Å². The molecule has 1 aromatic carbocycles. The molecular weight excluding hydrogens is 429 g/mol. The topological polar surface area (TPSA) is 65.5 Å². The molecule has 0 atom stereocenters. The van der Waals surface area contributed by atoms with E-state index in [1.54, 1.807) is 4.90 Å². The number of anilines is 1. The molecule has 1 aliphatic heterocycles. The van der Waals surface area contributed by atoms with Crippen molar-refractivity contribution in [3.8, 4) is 0 Å². The number of rotatable bonds is 2. The molecule has 1 saturated heterocycles. The quantitative estimate of drug-likeness (QED) is 0.661. The van der Waals surface area contributed by atoms with Crippen molar-refractivity contribution >= 4 is 50.9 Å². The Labute approximate surface area is 164 Å². The van der Waals surface area contributed by atoms with Crippen LogP contribution in [0.5, 0.6) is 0 Å². The number of nitrogens with one attached hydrogen (secondary N) is 1. The number of piperidine rings is 1. The van der Waals surface area contributed by atoms with Crippen LogP contribution in [0.15, 0.2) is 40.9 Å². The number of aromatic nitrogens is 1. The first-order valence-corrected chi connectivity index (χ1v) is 9.28. The monoisotopic (exact) mass is 443 g/mol. The molecule has 2 N–H and O–H groups in total. The average Bonchev–Trinajstić information content (AvgIpc) is 2.55. The van der Waals surface area contributed by atoms with Gasteiger partial charge in [0.25, 0.3) is 0 Å². The van der Waals surface area contributed by atoms with Crippen molar-refractivity contribution < 1.29 is 9.90 Å². The van der Waals surface area contributed by atoms with E-state index in [0.29, 0.717) is 31.6 Å². The zero-order valence-corrected chi connectivity index (χ0v) is 16.3. The number of nitrogens with zero attached hydrogens (tertiary/aromatic N) is 2. The Morgan fingerprint density at radius 3 is 2.28 bits per heavy atom. The van der Waals surface area contributed by atoms with Crippen molar-refractivity contribution in [1.29, 1.82) is 0 Å². The largest absolute Gasteiger partial charge is 0.385 e. The van der Waals surface area contributed by atoms with Gasteiger partial charge in [-0.2, -0.15) is 0 Å². The van der Waals surface area contributed by atoms with Gasteiger partial charge in [-0.1, -0.05) is 51.3 Å². The molecule has 3 rings (SSSR count). The van der Waals surface area contributed by atoms with Crippen LogP contribution in [0.25, 0.3) is 0 Å². The summed E-state index contributed by atoms with van der Waals surface area (Å²) in [6.07, 6.45) is 0.944. The number of carbonyl (C=O) groups excluding carboxylic acids is 1. The Balaban J connectivity index is 1.63. The molecular formula is C17H16BrCl2N3O2. The Bertz CT molecular complexity index is 758. The molecule has 0 aliphatic carbocycles. The van der Waals surface area contributed by atoms with E-state index in [0.717, 1.165) is 10.0 Å². The molecule has 132 valence electrons. The predicted octanol–water partition coefficient (Wildman–Crippen LogP) is 4.67. The zero-order valence-electron chi connectivity index (χ0n) is 13.2. The van der Waals surface area contributed by atoms with Gasteiger partial charge in [-0.3, -0.25) is 0 Å². The molecule has 5 nitrogen and oxygen atoms in total. The lowest BCUT2D eigenvalue weighted by Gasteiger charge is -2.38. The van der Waals surface area contributed by atoms with E-state index in [1.165, 1.54) is 12.1 Å². The van der Waals surface area contributed by atoms with E-state index >= 15 is 0 Å². The van der Waals surface area contributed by atoms with Gasteiger partial charge in [0.15, 0.2) is 0 Å². The summed E-state index contributed by atoms with van der Waals surface area (Å²) < 4.78 is 0.964. The molecule has 2 aromatic rings. The maximum atomic E-state index is 12.4. The Morgan fingerprint density at radius 1 is 1.16 bits per heavy atom. The molecule has 0 bridgehead atoms. The highest BCUT2D eigenvalue weighted by molar-refractivity contribution is 9.10. The number of hydrogen-bond acceptors (Lipinski definition) is 3. The number of halogens is 3. The third kappa shape index (κ3) is 4.44. The van der Waals surface area contributed by atoms with Crippen LogP contribution in [0, 0.1) is 0 Å². The average molecular weight is 445 g/mol. The summed E-state index contributed by atoms with van der Waals surface area (Å²) in [4.78, 5) is 17.9. The fraction of sp³-hybridized carbons (Fsp3) is 0.294. The van der Waals surface area contributed by atoms with Crippen LogP contribution < -0.4 is 5.32 Å². The van der Waals surface area contributed by atoms with Crippen LogP contribution in [0.1, 0.15) is 18.4 Å². The maximum Gasteiger partial charge on any atom is 0.321 e. The number of likely N-dealkylation sites (tertiary alicyclic amines) is 1. The normalized spacial score (nSPS) is 16.6. The summed E-state index contributed by atoms with van der Waals surface area (Å²) >= 11 is 15.1. The highest BCUT2D eigenvalue weighted by Gasteiger charge is 2.35. The van der Waals surface area contributed by atoms with Crippen LogP contribution in [-0.2, 0) is 5.60 Å². The first-order chi connectivity index (χ1) is 11.9. The lowest BCUT2D eigenvalue weighted by Crippen LogP contribution is -2.46. The lowest BCUT2D eigenvalue weighted by atomic mass is 9.84. The maximum absolute atomic E-state index is 12.4. The fourth-order valence-electron chi connectivity index (χ4n) is 2.87. The second kappa shape index (κ2) is 7.50. The second-order valence-electron chi connectivity index (χ2n) is 5.96. The number of urea groups is 1. The van der Waals surface area contributed by atoms with Crippen molar-refractivity contribution in [3.63, 3.8) is 0 Å². The standard InChI is InChI=1S/C17H16BrCl2N3O2/c18-12-3-1-11(2-4-12)17(25)5-7-23(8-6-17)16(24)21-13-9-14(19)22-15(20)10-13/h1-4,9-10,25H,5-8H2,(H,21,22,24). The van der Waals surface area contributed by atoms with Crippen molar-refractivity contribution in [3.05, 3.63) is 56.7 Å². The molecule has 1 aromatic heterocycles. The van der Waals surface area contributed by atoms with Gasteiger partial charge in [0.05, 0.1) is 5.60 Å². The van der Waals surface area contributed by atoms with Crippen molar-refractivity contribution in [2.75, 3.05) is 18.4 Å². The number of benzene rings is 1. The summed E-state index contributed by atoms with van der Waals surface area (Å²) in [6, 6.07) is 10.4. The van der Waals surface area contributed by atoms with Gasteiger partial charge in [-0.05, 0) is 42.7 Å². The molecule has 1 aliphatic rings. The first-order valence-electron chi connectivity index (χ1n) is 7.73. The first kappa shape index (κ1) is 18.5. The number of aliphatic hydroxyl groups is 1. The minimum absolute atomic E-state index is 0.214. The Kier molecular flexibility index (Phi) is 5.53. The van der Waals surface area contributed by atoms with E-state index < -0.39 is 5.60 Å². The third-order valence-corrected chi connectivity index (χ3v) is 5.19. The molecule has 2 heterocycles. The van der Waals surface area contributed by atoms with Crippen molar-refractivity contribution in [1.82, 2.24) is 9.88 Å². The van der Waals surface area contributed by atoms with Crippen LogP contribution in [-0.4, -0.2) is 34.1 Å². The highest BCUT2D eigenvalue weighted by atomic mass is 79.9. The Hall–Kier alpha value is -1.34. The number of hydrogen-bond donors (Lipinski definition) is 2. The van der Waals surface area contributed by atoms with Gasteiger partial charge < -0.3 is 15.3 Å². The minimum Gasteiger partial charge on any atom is -0.385 e. The molecule has 2 amide bonds. The second-order valence-corrected chi connectivity index (χ2v) is 7.65. The van der Waals surface area contributed by atoms with E-state index in [9.17, 15) is 9.90 Å². The van der Waals surface area contributed by atoms with Crippen molar-refractivity contribution in [2.45, 2.75) is 18.4 Å². The van der Waals surface area contributed by atoms with Gasteiger partial charge in [-0.15, -0.1) is 0 Å². The van der Waals surface area contributed by atoms with Gasteiger partial charge in [0.2, 0.25) is 0 Å². The Morgan fingerprint density at radius 2 is 1.72 bits per heavy atom. The summed E-state index contributed by atoms with van der Waals surface area (Å²) in [6.45, 7) is 0.899. The van der Waals surface area contributed by atoms with Crippen LogP contribution >= 0.6 is 39.1 Å².